The maximum absolute atomic E-state index is 12.9. The summed E-state index contributed by atoms with van der Waals surface area (Å²) in [7, 11) is 0. The molecule has 0 aromatic carbocycles. The number of fused-ring (bicyclic) bond motifs is 1. The second-order valence-corrected chi connectivity index (χ2v) is 8.25. The fourth-order valence-electron chi connectivity index (χ4n) is 4.06. The molecule has 0 saturated heterocycles. The number of hydrogen-bond donors (Lipinski definition) is 1. The van der Waals surface area contributed by atoms with E-state index >= 15 is 0 Å². The summed E-state index contributed by atoms with van der Waals surface area (Å²) in [6.45, 7) is 3.87. The van der Waals surface area contributed by atoms with E-state index in [1.807, 2.05) is 24.9 Å². The van der Waals surface area contributed by atoms with Crippen molar-refractivity contribution in [3.63, 3.8) is 0 Å². The normalized spacial score (nSPS) is 26.4. The Morgan fingerprint density at radius 1 is 1.12 bits per heavy atom. The second kappa shape index (κ2) is 5.50. The summed E-state index contributed by atoms with van der Waals surface area (Å²) >= 11 is 0. The van der Waals surface area contributed by atoms with Crippen molar-refractivity contribution in [2.45, 2.75) is 62.9 Å². The molecule has 2 aromatic rings. The zero-order chi connectivity index (χ0) is 17.9. The Hall–Kier alpha value is -2.50. The van der Waals surface area contributed by atoms with Crippen molar-refractivity contribution in [2.75, 3.05) is 10.2 Å². The Morgan fingerprint density at radius 3 is 2.58 bits per heavy atom. The molecule has 1 N–H and O–H groups in total. The van der Waals surface area contributed by atoms with Crippen molar-refractivity contribution >= 4 is 17.5 Å². The molecule has 2 fully saturated rings. The number of aromatic nitrogens is 3. The summed E-state index contributed by atoms with van der Waals surface area (Å²) in [5.74, 6) is 2.49. The minimum absolute atomic E-state index is 0.106. The van der Waals surface area contributed by atoms with Crippen LogP contribution >= 0.6 is 0 Å². The molecule has 0 atom stereocenters. The van der Waals surface area contributed by atoms with Crippen LogP contribution in [0.3, 0.4) is 0 Å². The van der Waals surface area contributed by atoms with E-state index in [4.69, 9.17) is 0 Å². The smallest absolute Gasteiger partial charge is 0.240 e. The van der Waals surface area contributed by atoms with Gasteiger partial charge in [-0.15, -0.1) is 0 Å². The Balaban J connectivity index is 1.26. The number of nitrogens with one attached hydrogen (secondary N) is 1. The van der Waals surface area contributed by atoms with Crippen LogP contribution in [-0.2, 0) is 10.2 Å². The molecule has 2 saturated carbocycles. The fraction of sp³-hybridized carbons (Fsp3) is 0.500. The van der Waals surface area contributed by atoms with Crippen molar-refractivity contribution in [3.8, 4) is 0 Å². The number of anilines is 2. The Labute approximate surface area is 153 Å². The van der Waals surface area contributed by atoms with Gasteiger partial charge in [-0.1, -0.05) is 6.07 Å². The molecular weight excluding hydrogens is 326 g/mol. The van der Waals surface area contributed by atoms with Gasteiger partial charge in [-0.25, -0.2) is 9.97 Å². The molecule has 6 nitrogen and oxygen atoms in total. The maximum Gasteiger partial charge on any atom is 0.240 e. The SMILES string of the molecule is CC1(C)C(=O)N([C@H]2C[C@H](Nc3ccc(C4CC4)cn3)C2)c2nccnc21. The lowest BCUT2D eigenvalue weighted by Gasteiger charge is -2.41. The average molecular weight is 349 g/mol. The molecule has 0 radical (unpaired) electrons. The number of pyridine rings is 1. The number of rotatable bonds is 4. The van der Waals surface area contributed by atoms with Gasteiger partial charge < -0.3 is 5.32 Å². The van der Waals surface area contributed by atoms with Gasteiger partial charge in [-0.05, 0) is 57.1 Å². The lowest BCUT2D eigenvalue weighted by atomic mass is 9.84. The van der Waals surface area contributed by atoms with Gasteiger partial charge in [0.1, 0.15) is 5.82 Å². The summed E-state index contributed by atoms with van der Waals surface area (Å²) in [6, 6.07) is 4.78. The standard InChI is InChI=1S/C20H23N5O/c1-20(2)17-18(22-8-7-21-17)25(19(20)26)15-9-14(10-15)24-16-6-5-13(11-23-16)12-3-4-12/h5-8,11-12,14-15H,3-4,9-10H2,1-2H3,(H,23,24)/t14-,15-. The van der Waals surface area contributed by atoms with Crippen LogP contribution in [0.1, 0.15) is 56.7 Å². The van der Waals surface area contributed by atoms with Crippen molar-refractivity contribution in [1.82, 2.24) is 15.0 Å². The number of hydrogen-bond acceptors (Lipinski definition) is 5. The third kappa shape index (κ3) is 2.39. The van der Waals surface area contributed by atoms with Crippen LogP contribution in [0.15, 0.2) is 30.7 Å². The molecule has 1 aliphatic heterocycles. The first-order valence-electron chi connectivity index (χ1n) is 9.41. The zero-order valence-corrected chi connectivity index (χ0v) is 15.1. The minimum Gasteiger partial charge on any atom is -0.367 e. The highest BCUT2D eigenvalue weighted by molar-refractivity contribution is 6.06. The number of carbonyl (C=O) groups excluding carboxylic acids is 1. The van der Waals surface area contributed by atoms with E-state index in [2.05, 4.69) is 32.4 Å². The average Bonchev–Trinajstić information content (AvgIpc) is 3.43. The Bertz CT molecular complexity index is 853. The lowest BCUT2D eigenvalue weighted by Crippen LogP contribution is -2.53. The third-order valence-corrected chi connectivity index (χ3v) is 5.92. The first-order valence-corrected chi connectivity index (χ1v) is 9.41. The Morgan fingerprint density at radius 2 is 1.88 bits per heavy atom. The van der Waals surface area contributed by atoms with Gasteiger partial charge in [0.25, 0.3) is 0 Å². The molecule has 2 aromatic heterocycles. The van der Waals surface area contributed by atoms with E-state index in [1.165, 1.54) is 18.4 Å². The highest BCUT2D eigenvalue weighted by Gasteiger charge is 2.51. The molecule has 0 spiro atoms. The summed E-state index contributed by atoms with van der Waals surface area (Å²) in [5.41, 5.74) is 1.54. The molecule has 3 aliphatic rings. The molecule has 2 aliphatic carbocycles. The summed E-state index contributed by atoms with van der Waals surface area (Å²) in [4.78, 5) is 28.2. The molecule has 3 heterocycles. The van der Waals surface area contributed by atoms with E-state index in [0.29, 0.717) is 6.04 Å². The predicted molar refractivity (Wildman–Crippen MR) is 99.2 cm³/mol. The maximum atomic E-state index is 12.9. The van der Waals surface area contributed by atoms with Gasteiger partial charge in [0.15, 0.2) is 5.82 Å². The minimum atomic E-state index is -0.595. The van der Waals surface area contributed by atoms with Gasteiger partial charge in [0, 0.05) is 30.7 Å². The molecule has 1 amide bonds. The molecule has 134 valence electrons. The molecular formula is C20H23N5O. The van der Waals surface area contributed by atoms with Crippen LogP contribution in [-0.4, -0.2) is 32.9 Å². The van der Waals surface area contributed by atoms with Crippen LogP contribution in [0.25, 0.3) is 0 Å². The summed E-state index contributed by atoms with van der Waals surface area (Å²) in [6.07, 6.45) is 9.73. The van der Waals surface area contributed by atoms with Crippen LogP contribution in [0.5, 0.6) is 0 Å². The van der Waals surface area contributed by atoms with Gasteiger partial charge in [-0.2, -0.15) is 0 Å². The monoisotopic (exact) mass is 349 g/mol. The number of nitrogens with zero attached hydrogens (tertiary/aromatic N) is 4. The van der Waals surface area contributed by atoms with Crippen molar-refractivity contribution in [1.29, 1.82) is 0 Å². The molecule has 0 bridgehead atoms. The van der Waals surface area contributed by atoms with Gasteiger partial charge in [0.2, 0.25) is 5.91 Å². The van der Waals surface area contributed by atoms with Crippen molar-refractivity contribution in [3.05, 3.63) is 42.0 Å². The third-order valence-electron chi connectivity index (χ3n) is 5.92. The van der Waals surface area contributed by atoms with Crippen LogP contribution < -0.4 is 10.2 Å². The quantitative estimate of drug-likeness (QED) is 0.919. The van der Waals surface area contributed by atoms with E-state index in [0.717, 1.165) is 36.1 Å². The van der Waals surface area contributed by atoms with Crippen LogP contribution in [0.4, 0.5) is 11.6 Å². The number of amides is 1. The first-order chi connectivity index (χ1) is 12.5. The molecule has 6 heteroatoms. The highest BCUT2D eigenvalue weighted by Crippen LogP contribution is 2.43. The van der Waals surface area contributed by atoms with Crippen LogP contribution in [0.2, 0.25) is 0 Å². The lowest BCUT2D eigenvalue weighted by molar-refractivity contribution is -0.123. The van der Waals surface area contributed by atoms with Crippen molar-refractivity contribution < 1.29 is 4.79 Å². The second-order valence-electron chi connectivity index (χ2n) is 8.25. The van der Waals surface area contributed by atoms with E-state index in [-0.39, 0.29) is 11.9 Å². The zero-order valence-electron chi connectivity index (χ0n) is 15.1. The van der Waals surface area contributed by atoms with Crippen molar-refractivity contribution in [2.24, 2.45) is 0 Å². The fourth-order valence-corrected chi connectivity index (χ4v) is 4.06. The summed E-state index contributed by atoms with van der Waals surface area (Å²) in [5, 5.41) is 3.49. The highest BCUT2D eigenvalue weighted by atomic mass is 16.2. The van der Waals surface area contributed by atoms with E-state index < -0.39 is 5.41 Å². The van der Waals surface area contributed by atoms with E-state index in [1.54, 1.807) is 12.4 Å². The largest absolute Gasteiger partial charge is 0.367 e. The molecule has 0 unspecified atom stereocenters. The van der Waals surface area contributed by atoms with Gasteiger partial charge >= 0.3 is 0 Å². The first kappa shape index (κ1) is 15.7. The molecule has 26 heavy (non-hydrogen) atoms. The van der Waals surface area contributed by atoms with Gasteiger partial charge in [0.05, 0.1) is 11.1 Å². The van der Waals surface area contributed by atoms with Crippen LogP contribution in [0, 0.1) is 0 Å². The summed E-state index contributed by atoms with van der Waals surface area (Å²) < 4.78 is 0. The van der Waals surface area contributed by atoms with Gasteiger partial charge in [-0.3, -0.25) is 14.7 Å². The predicted octanol–water partition coefficient (Wildman–Crippen LogP) is 3.02. The van der Waals surface area contributed by atoms with E-state index in [9.17, 15) is 4.79 Å². The molecule has 5 rings (SSSR count). The number of carbonyl (C=O) groups is 1. The Kier molecular flexibility index (Phi) is 3.33. The topological polar surface area (TPSA) is 71.0 Å².